The number of nitrogens with zero attached hydrogens (tertiary/aromatic N) is 3. The first-order chi connectivity index (χ1) is 17.5. The number of H-pyrrole nitrogens is 1. The third-order valence-corrected chi connectivity index (χ3v) is 5.94. The first-order valence-corrected chi connectivity index (χ1v) is 11.4. The number of halogens is 1. The topological polar surface area (TPSA) is 113 Å². The molecule has 0 saturated carbocycles. The molecule has 182 valence electrons. The van der Waals surface area contributed by atoms with Crippen LogP contribution in [0.4, 0.5) is 4.39 Å². The van der Waals surface area contributed by atoms with E-state index in [9.17, 15) is 18.8 Å². The van der Waals surface area contributed by atoms with Gasteiger partial charge in [0.1, 0.15) is 11.9 Å². The number of carbonyl (C=O) groups excluding carboxylic acids is 2. The third kappa shape index (κ3) is 4.74. The summed E-state index contributed by atoms with van der Waals surface area (Å²) in [6.45, 7) is 0.303. The van der Waals surface area contributed by atoms with Gasteiger partial charge in [-0.1, -0.05) is 24.3 Å². The Bertz CT molecular complexity index is 1600. The van der Waals surface area contributed by atoms with E-state index in [1.54, 1.807) is 24.4 Å². The molecule has 3 N–H and O–H groups in total. The van der Waals surface area contributed by atoms with Crippen LogP contribution in [0.1, 0.15) is 15.9 Å². The lowest BCUT2D eigenvalue weighted by Gasteiger charge is -2.18. The maximum absolute atomic E-state index is 13.3. The summed E-state index contributed by atoms with van der Waals surface area (Å²) in [5, 5.41) is 10.8. The third-order valence-electron chi connectivity index (χ3n) is 5.94. The van der Waals surface area contributed by atoms with Crippen molar-refractivity contribution in [2.24, 2.45) is 0 Å². The van der Waals surface area contributed by atoms with Crippen LogP contribution in [0.15, 0.2) is 83.9 Å². The van der Waals surface area contributed by atoms with Gasteiger partial charge in [-0.05, 0) is 48.0 Å². The number of pyridine rings is 1. The number of carbonyl (C=O) groups is 2. The molecule has 0 saturated heterocycles. The predicted molar refractivity (Wildman–Crippen MR) is 132 cm³/mol. The molecule has 5 aromatic rings. The molecule has 0 unspecified atom stereocenters. The summed E-state index contributed by atoms with van der Waals surface area (Å²) < 4.78 is 16.0. The van der Waals surface area contributed by atoms with Gasteiger partial charge >= 0.3 is 5.69 Å². The molecule has 36 heavy (non-hydrogen) atoms. The maximum Gasteiger partial charge on any atom is 0.350 e. The van der Waals surface area contributed by atoms with E-state index >= 15 is 0 Å². The molecule has 2 aromatic carbocycles. The minimum atomic E-state index is -0.903. The largest absolute Gasteiger partial charge is 0.361 e. The highest BCUT2D eigenvalue weighted by Crippen LogP contribution is 2.19. The zero-order valence-electron chi connectivity index (χ0n) is 19.1. The lowest BCUT2D eigenvalue weighted by molar-refractivity contribution is -0.123. The van der Waals surface area contributed by atoms with Gasteiger partial charge in [0, 0.05) is 41.8 Å². The number of para-hydroxylation sites is 1. The van der Waals surface area contributed by atoms with Crippen LogP contribution in [0, 0.1) is 5.82 Å². The van der Waals surface area contributed by atoms with Crippen LogP contribution in [0.25, 0.3) is 16.6 Å². The molecule has 0 fully saturated rings. The number of nitrogens with one attached hydrogen (secondary N) is 3. The second kappa shape index (κ2) is 9.87. The molecule has 9 nitrogen and oxygen atoms in total. The second-order valence-electron chi connectivity index (χ2n) is 8.32. The number of amides is 2. The Labute approximate surface area is 204 Å². The van der Waals surface area contributed by atoms with Crippen molar-refractivity contribution in [3.05, 3.63) is 107 Å². The van der Waals surface area contributed by atoms with Gasteiger partial charge < -0.3 is 15.6 Å². The van der Waals surface area contributed by atoms with Gasteiger partial charge in [0.15, 0.2) is 5.65 Å². The van der Waals surface area contributed by atoms with Gasteiger partial charge in [-0.15, -0.1) is 5.10 Å². The first kappa shape index (κ1) is 23.0. The molecule has 0 aliphatic heterocycles. The van der Waals surface area contributed by atoms with Crippen molar-refractivity contribution in [2.45, 2.75) is 19.0 Å². The molecule has 3 aromatic heterocycles. The van der Waals surface area contributed by atoms with E-state index in [0.29, 0.717) is 5.65 Å². The fourth-order valence-electron chi connectivity index (χ4n) is 4.09. The van der Waals surface area contributed by atoms with Crippen LogP contribution >= 0.6 is 0 Å². The lowest BCUT2D eigenvalue weighted by Crippen LogP contribution is -2.48. The molecule has 0 spiro atoms. The Morgan fingerprint density at radius 2 is 1.81 bits per heavy atom. The Morgan fingerprint density at radius 1 is 1.03 bits per heavy atom. The first-order valence-electron chi connectivity index (χ1n) is 11.4. The molecule has 0 bridgehead atoms. The summed E-state index contributed by atoms with van der Waals surface area (Å²) in [5.41, 5.74) is 2.23. The van der Waals surface area contributed by atoms with Crippen LogP contribution in [0.5, 0.6) is 0 Å². The van der Waals surface area contributed by atoms with Crippen LogP contribution in [-0.2, 0) is 17.8 Å². The summed E-state index contributed by atoms with van der Waals surface area (Å²) in [7, 11) is 0. The van der Waals surface area contributed by atoms with Crippen molar-refractivity contribution in [1.82, 2.24) is 29.8 Å². The zero-order chi connectivity index (χ0) is 25.1. The number of hydrogen-bond acceptors (Lipinski definition) is 4. The van der Waals surface area contributed by atoms with E-state index in [4.69, 9.17) is 0 Å². The highest BCUT2D eigenvalue weighted by Gasteiger charge is 2.23. The van der Waals surface area contributed by atoms with Crippen LogP contribution in [0.3, 0.4) is 0 Å². The van der Waals surface area contributed by atoms with E-state index in [1.807, 2.05) is 30.5 Å². The maximum atomic E-state index is 13.3. The lowest BCUT2D eigenvalue weighted by atomic mass is 10.0. The highest BCUT2D eigenvalue weighted by molar-refractivity contribution is 5.97. The van der Waals surface area contributed by atoms with E-state index in [-0.39, 0.29) is 30.8 Å². The molecule has 2 amide bonds. The van der Waals surface area contributed by atoms with Gasteiger partial charge in [-0.2, -0.15) is 0 Å². The molecular formula is C26H23FN6O3. The summed E-state index contributed by atoms with van der Waals surface area (Å²) in [6.07, 6.45) is 3.67. The number of aromatic amines is 1. The normalized spacial score (nSPS) is 12.0. The molecule has 1 atom stereocenters. The Kier molecular flexibility index (Phi) is 6.31. The summed E-state index contributed by atoms with van der Waals surface area (Å²) >= 11 is 0. The van der Waals surface area contributed by atoms with Crippen molar-refractivity contribution < 1.29 is 14.0 Å². The van der Waals surface area contributed by atoms with Crippen LogP contribution in [-0.4, -0.2) is 43.6 Å². The minimum Gasteiger partial charge on any atom is -0.361 e. The van der Waals surface area contributed by atoms with Gasteiger partial charge in [0.25, 0.3) is 5.91 Å². The Morgan fingerprint density at radius 3 is 2.61 bits per heavy atom. The summed E-state index contributed by atoms with van der Waals surface area (Å²) in [6, 6.07) is 17.1. The summed E-state index contributed by atoms with van der Waals surface area (Å²) in [5.74, 6) is -1.36. The molecule has 3 heterocycles. The van der Waals surface area contributed by atoms with E-state index in [0.717, 1.165) is 16.5 Å². The SMILES string of the molecule is O=C(N[C@@H](Cc1c[nH]c2ccccc12)C(=O)NCCn1nc2ccccn2c1=O)c1ccc(F)cc1. The highest BCUT2D eigenvalue weighted by atomic mass is 19.1. The number of rotatable bonds is 8. The monoisotopic (exact) mass is 486 g/mol. The van der Waals surface area contributed by atoms with E-state index in [2.05, 4.69) is 20.7 Å². The molecule has 0 radical (unpaired) electrons. The van der Waals surface area contributed by atoms with Gasteiger partial charge in [0.05, 0.1) is 6.54 Å². The number of fused-ring (bicyclic) bond motifs is 2. The standard InChI is InChI=1S/C26H23FN6O3/c27-19-10-8-17(9-11-19)24(34)30-22(15-18-16-29-21-6-2-1-5-20(18)21)25(35)28-12-14-33-26(36)32-13-4-3-7-23(32)31-33/h1-11,13,16,22,29H,12,14-15H2,(H,28,35)(H,30,34)/t22-/m0/s1. The van der Waals surface area contributed by atoms with Gasteiger partial charge in [0.2, 0.25) is 5.91 Å². The number of hydrogen-bond donors (Lipinski definition) is 3. The Hall–Kier alpha value is -4.73. The fraction of sp³-hybridized carbons (Fsp3) is 0.154. The summed E-state index contributed by atoms with van der Waals surface area (Å²) in [4.78, 5) is 41.6. The quantitative estimate of drug-likeness (QED) is 0.312. The van der Waals surface area contributed by atoms with Crippen molar-refractivity contribution in [1.29, 1.82) is 0 Å². The van der Waals surface area contributed by atoms with Crippen molar-refractivity contribution >= 4 is 28.4 Å². The Balaban J connectivity index is 1.32. The number of aromatic nitrogens is 4. The molecule has 5 rings (SSSR count). The smallest absolute Gasteiger partial charge is 0.350 e. The fourth-order valence-corrected chi connectivity index (χ4v) is 4.09. The molecular weight excluding hydrogens is 463 g/mol. The van der Waals surface area contributed by atoms with Gasteiger partial charge in [-0.25, -0.2) is 13.9 Å². The average Bonchev–Trinajstić information content (AvgIpc) is 3.44. The zero-order valence-corrected chi connectivity index (χ0v) is 19.1. The van der Waals surface area contributed by atoms with E-state index in [1.165, 1.54) is 33.3 Å². The molecule has 10 heteroatoms. The van der Waals surface area contributed by atoms with Crippen molar-refractivity contribution in [3.63, 3.8) is 0 Å². The average molecular weight is 487 g/mol. The molecule has 0 aliphatic carbocycles. The van der Waals surface area contributed by atoms with Crippen LogP contribution < -0.4 is 16.3 Å². The van der Waals surface area contributed by atoms with Gasteiger partial charge in [-0.3, -0.25) is 14.0 Å². The minimum absolute atomic E-state index is 0.138. The number of benzene rings is 2. The predicted octanol–water partition coefficient (Wildman–Crippen LogP) is 2.27. The van der Waals surface area contributed by atoms with Crippen molar-refractivity contribution in [2.75, 3.05) is 6.54 Å². The van der Waals surface area contributed by atoms with Crippen LogP contribution in [0.2, 0.25) is 0 Å². The second-order valence-corrected chi connectivity index (χ2v) is 8.32. The van der Waals surface area contributed by atoms with E-state index < -0.39 is 23.7 Å². The van der Waals surface area contributed by atoms with Crippen molar-refractivity contribution in [3.8, 4) is 0 Å². The molecule has 0 aliphatic rings.